The first-order chi connectivity index (χ1) is 8.76. The van der Waals surface area contributed by atoms with E-state index < -0.39 is 0 Å². The maximum Gasteiger partial charge on any atom is 0.123 e. The summed E-state index contributed by atoms with van der Waals surface area (Å²) in [5.41, 5.74) is 1.02. The second-order valence-corrected chi connectivity index (χ2v) is 6.20. The van der Waals surface area contributed by atoms with E-state index in [-0.39, 0.29) is 11.9 Å². The van der Waals surface area contributed by atoms with Crippen molar-refractivity contribution in [2.45, 2.75) is 25.0 Å². The molecule has 2 heterocycles. The molecule has 0 spiro atoms. The van der Waals surface area contributed by atoms with Gasteiger partial charge in [0, 0.05) is 23.8 Å². The maximum absolute atomic E-state index is 13.1. The Morgan fingerprint density at radius 1 is 1.44 bits per heavy atom. The summed E-state index contributed by atoms with van der Waals surface area (Å²) in [5, 5.41) is 3.38. The zero-order chi connectivity index (χ0) is 12.5. The Morgan fingerprint density at radius 3 is 3.17 bits per heavy atom. The normalized spacial score (nSPS) is 30.2. The first-order valence-electron chi connectivity index (χ1n) is 6.46. The Morgan fingerprint density at radius 2 is 2.33 bits per heavy atom. The number of nitrogens with one attached hydrogen (secondary N) is 1. The number of fused-ring (bicyclic) bond motifs is 1. The molecule has 1 aromatic carbocycles. The van der Waals surface area contributed by atoms with E-state index in [4.69, 9.17) is 4.74 Å². The van der Waals surface area contributed by atoms with Crippen LogP contribution < -0.4 is 10.1 Å². The molecule has 1 N–H and O–H groups in total. The van der Waals surface area contributed by atoms with E-state index in [1.165, 1.54) is 17.6 Å². The zero-order valence-electron chi connectivity index (χ0n) is 10.5. The Bertz CT molecular complexity index is 440. The molecule has 0 amide bonds. The Kier molecular flexibility index (Phi) is 3.48. The van der Waals surface area contributed by atoms with Crippen LogP contribution in [0, 0.1) is 11.7 Å². The van der Waals surface area contributed by atoms with Crippen LogP contribution in [0.5, 0.6) is 5.75 Å². The van der Waals surface area contributed by atoms with E-state index in [9.17, 15) is 4.39 Å². The molecule has 0 aromatic heterocycles. The molecule has 0 aliphatic carbocycles. The minimum atomic E-state index is -0.164. The average molecular weight is 267 g/mol. The molecule has 3 atom stereocenters. The van der Waals surface area contributed by atoms with Gasteiger partial charge in [-0.1, -0.05) is 0 Å². The van der Waals surface area contributed by atoms with Crippen LogP contribution >= 0.6 is 11.8 Å². The number of rotatable bonds is 3. The van der Waals surface area contributed by atoms with Crippen molar-refractivity contribution < 1.29 is 9.13 Å². The first kappa shape index (κ1) is 12.3. The van der Waals surface area contributed by atoms with Crippen LogP contribution in [0.2, 0.25) is 0 Å². The van der Waals surface area contributed by atoms with Crippen LogP contribution in [0.25, 0.3) is 0 Å². The van der Waals surface area contributed by atoms with Gasteiger partial charge in [-0.15, -0.1) is 0 Å². The SMILES string of the molecule is CNC1CSCC1CC1Cc2cc(F)ccc2O1. The van der Waals surface area contributed by atoms with Crippen molar-refractivity contribution in [1.29, 1.82) is 0 Å². The summed E-state index contributed by atoms with van der Waals surface area (Å²) < 4.78 is 19.1. The fourth-order valence-corrected chi connectivity index (χ4v) is 4.41. The van der Waals surface area contributed by atoms with Crippen LogP contribution in [0.4, 0.5) is 4.39 Å². The molecule has 98 valence electrons. The molecule has 3 rings (SSSR count). The first-order valence-corrected chi connectivity index (χ1v) is 7.62. The molecule has 2 aliphatic rings. The molecule has 1 aromatic rings. The highest BCUT2D eigenvalue weighted by atomic mass is 32.2. The number of thioether (sulfide) groups is 1. The summed E-state index contributed by atoms with van der Waals surface area (Å²) in [5.74, 6) is 3.77. The van der Waals surface area contributed by atoms with Crippen molar-refractivity contribution in [2.24, 2.45) is 5.92 Å². The molecule has 0 bridgehead atoms. The summed E-state index contributed by atoms with van der Waals surface area (Å²) in [7, 11) is 2.03. The summed E-state index contributed by atoms with van der Waals surface area (Å²) in [6.07, 6.45) is 2.14. The number of ether oxygens (including phenoxy) is 1. The van der Waals surface area contributed by atoms with Gasteiger partial charge >= 0.3 is 0 Å². The van der Waals surface area contributed by atoms with Gasteiger partial charge in [0.1, 0.15) is 17.7 Å². The molecular weight excluding hydrogens is 249 g/mol. The second-order valence-electron chi connectivity index (χ2n) is 5.12. The summed E-state index contributed by atoms with van der Waals surface area (Å²) in [4.78, 5) is 0. The summed E-state index contributed by atoms with van der Waals surface area (Å²) >= 11 is 2.01. The molecule has 1 fully saturated rings. The van der Waals surface area contributed by atoms with Crippen molar-refractivity contribution in [1.82, 2.24) is 5.32 Å². The van der Waals surface area contributed by atoms with Crippen LogP contribution in [-0.2, 0) is 6.42 Å². The number of hydrogen-bond donors (Lipinski definition) is 1. The standard InChI is InChI=1S/C14H18FNOS/c1-16-13-8-18-7-10(13)6-12-5-9-4-11(15)2-3-14(9)17-12/h2-4,10,12-13,16H,5-8H2,1H3. The topological polar surface area (TPSA) is 21.3 Å². The third-order valence-electron chi connectivity index (χ3n) is 3.90. The van der Waals surface area contributed by atoms with Crippen LogP contribution in [-0.4, -0.2) is 30.7 Å². The van der Waals surface area contributed by atoms with E-state index in [0.29, 0.717) is 12.0 Å². The predicted octanol–water partition coefficient (Wildman–Crippen LogP) is 2.47. The molecule has 0 saturated carbocycles. The number of halogens is 1. The summed E-state index contributed by atoms with van der Waals surface area (Å²) in [6.45, 7) is 0. The van der Waals surface area contributed by atoms with Crippen LogP contribution in [0.3, 0.4) is 0 Å². The van der Waals surface area contributed by atoms with E-state index in [1.807, 2.05) is 18.8 Å². The highest BCUT2D eigenvalue weighted by Gasteiger charge is 2.32. The van der Waals surface area contributed by atoms with Crippen LogP contribution in [0.1, 0.15) is 12.0 Å². The minimum Gasteiger partial charge on any atom is -0.490 e. The predicted molar refractivity (Wildman–Crippen MR) is 72.8 cm³/mol. The van der Waals surface area contributed by atoms with Crippen LogP contribution in [0.15, 0.2) is 18.2 Å². The Labute approximate surface area is 111 Å². The lowest BCUT2D eigenvalue weighted by Gasteiger charge is -2.21. The quantitative estimate of drug-likeness (QED) is 0.909. The number of hydrogen-bond acceptors (Lipinski definition) is 3. The Hall–Kier alpha value is -0.740. The van der Waals surface area contributed by atoms with E-state index in [2.05, 4.69) is 5.32 Å². The highest BCUT2D eigenvalue weighted by molar-refractivity contribution is 7.99. The van der Waals surface area contributed by atoms with Crippen molar-refractivity contribution >= 4 is 11.8 Å². The van der Waals surface area contributed by atoms with Gasteiger partial charge in [0.2, 0.25) is 0 Å². The van der Waals surface area contributed by atoms with Gasteiger partial charge in [-0.2, -0.15) is 11.8 Å². The average Bonchev–Trinajstić information content (AvgIpc) is 2.94. The fourth-order valence-electron chi connectivity index (χ4n) is 2.91. The van der Waals surface area contributed by atoms with E-state index in [0.717, 1.165) is 24.2 Å². The molecule has 3 unspecified atom stereocenters. The van der Waals surface area contributed by atoms with Gasteiger partial charge < -0.3 is 10.1 Å². The fraction of sp³-hybridized carbons (Fsp3) is 0.571. The maximum atomic E-state index is 13.1. The lowest BCUT2D eigenvalue weighted by atomic mass is 9.94. The van der Waals surface area contributed by atoms with Gasteiger partial charge in [0.25, 0.3) is 0 Å². The van der Waals surface area contributed by atoms with Gasteiger partial charge in [-0.3, -0.25) is 0 Å². The second kappa shape index (κ2) is 5.10. The van der Waals surface area contributed by atoms with Gasteiger partial charge in [-0.25, -0.2) is 4.39 Å². The van der Waals surface area contributed by atoms with E-state index >= 15 is 0 Å². The summed E-state index contributed by atoms with van der Waals surface area (Å²) in [6, 6.07) is 5.43. The van der Waals surface area contributed by atoms with Crippen molar-refractivity contribution in [3.63, 3.8) is 0 Å². The van der Waals surface area contributed by atoms with Crippen molar-refractivity contribution in [3.8, 4) is 5.75 Å². The molecular formula is C14H18FNOS. The van der Waals surface area contributed by atoms with Crippen molar-refractivity contribution in [2.75, 3.05) is 18.6 Å². The number of benzene rings is 1. The minimum absolute atomic E-state index is 0.164. The molecule has 1 saturated heterocycles. The molecule has 2 nitrogen and oxygen atoms in total. The third kappa shape index (κ3) is 2.36. The van der Waals surface area contributed by atoms with Gasteiger partial charge in [-0.05, 0) is 43.3 Å². The Balaban J connectivity index is 1.64. The molecule has 2 aliphatic heterocycles. The lowest BCUT2D eigenvalue weighted by molar-refractivity contribution is 0.190. The highest BCUT2D eigenvalue weighted by Crippen LogP contribution is 2.35. The zero-order valence-corrected chi connectivity index (χ0v) is 11.3. The lowest BCUT2D eigenvalue weighted by Crippen LogP contribution is -2.35. The largest absolute Gasteiger partial charge is 0.490 e. The van der Waals surface area contributed by atoms with E-state index in [1.54, 1.807) is 12.1 Å². The van der Waals surface area contributed by atoms with Gasteiger partial charge in [0.15, 0.2) is 0 Å². The van der Waals surface area contributed by atoms with Gasteiger partial charge in [0.05, 0.1) is 0 Å². The monoisotopic (exact) mass is 267 g/mol. The molecule has 4 heteroatoms. The molecule has 0 radical (unpaired) electrons. The smallest absolute Gasteiger partial charge is 0.123 e. The van der Waals surface area contributed by atoms with Crippen molar-refractivity contribution in [3.05, 3.63) is 29.6 Å². The third-order valence-corrected chi connectivity index (χ3v) is 5.16. The molecule has 18 heavy (non-hydrogen) atoms.